The van der Waals surface area contributed by atoms with Gasteiger partial charge in [-0.3, -0.25) is 0 Å². The van der Waals surface area contributed by atoms with Crippen LogP contribution in [0.3, 0.4) is 0 Å². The molecule has 0 bridgehead atoms. The van der Waals surface area contributed by atoms with Crippen LogP contribution in [0.1, 0.15) is 39.5 Å². The Bertz CT molecular complexity index is 158. The Morgan fingerprint density at radius 3 is 2.82 bits per heavy atom. The Labute approximate surface area is 68.5 Å². The Morgan fingerprint density at radius 1 is 1.73 bits per heavy atom. The maximum absolute atomic E-state index is 13.5. The molecule has 0 amide bonds. The lowest BCUT2D eigenvalue weighted by atomic mass is 9.77. The van der Waals surface area contributed by atoms with Gasteiger partial charge in [-0.2, -0.15) is 0 Å². The van der Waals surface area contributed by atoms with Crippen molar-refractivity contribution in [3.05, 3.63) is 12.2 Å². The van der Waals surface area contributed by atoms with E-state index < -0.39 is 5.67 Å². The van der Waals surface area contributed by atoms with Crippen LogP contribution in [-0.4, -0.2) is 5.67 Å². The number of allylic oxidation sites excluding steroid dienone is 1. The monoisotopic (exact) mass is 156 g/mol. The molecular formula is C10H17F. The van der Waals surface area contributed by atoms with Crippen molar-refractivity contribution in [3.63, 3.8) is 0 Å². The second kappa shape index (κ2) is 2.96. The van der Waals surface area contributed by atoms with Gasteiger partial charge in [0.15, 0.2) is 0 Å². The smallest absolute Gasteiger partial charge is 0.112 e. The molecule has 1 rings (SSSR count). The van der Waals surface area contributed by atoms with Crippen molar-refractivity contribution < 1.29 is 4.39 Å². The van der Waals surface area contributed by atoms with Crippen LogP contribution >= 0.6 is 0 Å². The first-order valence-corrected chi connectivity index (χ1v) is 4.39. The SMILES string of the molecule is C=C1CC(CC)CC(C)(F)C1. The lowest BCUT2D eigenvalue weighted by Gasteiger charge is -2.32. The molecule has 0 radical (unpaired) electrons. The molecule has 1 aliphatic rings. The molecule has 0 aromatic carbocycles. The van der Waals surface area contributed by atoms with Crippen LogP contribution in [0.5, 0.6) is 0 Å². The van der Waals surface area contributed by atoms with Gasteiger partial charge in [0.2, 0.25) is 0 Å². The van der Waals surface area contributed by atoms with Gasteiger partial charge in [-0.05, 0) is 25.7 Å². The molecule has 1 aliphatic carbocycles. The summed E-state index contributed by atoms with van der Waals surface area (Å²) in [6, 6.07) is 0. The molecule has 0 N–H and O–H groups in total. The van der Waals surface area contributed by atoms with Gasteiger partial charge in [0.1, 0.15) is 5.67 Å². The van der Waals surface area contributed by atoms with E-state index in [2.05, 4.69) is 13.5 Å². The molecule has 0 aromatic rings. The fourth-order valence-electron chi connectivity index (χ4n) is 2.04. The zero-order valence-corrected chi connectivity index (χ0v) is 7.49. The summed E-state index contributed by atoms with van der Waals surface area (Å²) >= 11 is 0. The van der Waals surface area contributed by atoms with Gasteiger partial charge in [-0.15, -0.1) is 0 Å². The molecule has 1 fully saturated rings. The number of halogens is 1. The maximum Gasteiger partial charge on any atom is 0.112 e. The minimum atomic E-state index is -0.976. The standard InChI is InChI=1S/C10H17F/c1-4-9-5-8(2)6-10(3,11)7-9/h9H,2,4-7H2,1,3H3. The molecule has 0 heterocycles. The lowest BCUT2D eigenvalue weighted by molar-refractivity contribution is 0.120. The highest BCUT2D eigenvalue weighted by Gasteiger charge is 2.32. The number of alkyl halides is 1. The molecule has 0 nitrogen and oxygen atoms in total. The minimum Gasteiger partial charge on any atom is -0.244 e. The Morgan fingerprint density at radius 2 is 2.36 bits per heavy atom. The van der Waals surface area contributed by atoms with E-state index in [-0.39, 0.29) is 0 Å². The van der Waals surface area contributed by atoms with Crippen molar-refractivity contribution >= 4 is 0 Å². The van der Waals surface area contributed by atoms with E-state index in [1.54, 1.807) is 6.92 Å². The number of rotatable bonds is 1. The van der Waals surface area contributed by atoms with Crippen molar-refractivity contribution in [1.29, 1.82) is 0 Å². The molecule has 0 spiro atoms. The molecule has 1 saturated carbocycles. The highest BCUT2D eigenvalue weighted by Crippen LogP contribution is 2.38. The van der Waals surface area contributed by atoms with Crippen molar-refractivity contribution in [3.8, 4) is 0 Å². The van der Waals surface area contributed by atoms with Gasteiger partial charge in [0.05, 0.1) is 0 Å². The molecule has 0 aliphatic heterocycles. The molecule has 2 atom stereocenters. The lowest BCUT2D eigenvalue weighted by Crippen LogP contribution is -2.28. The van der Waals surface area contributed by atoms with Crippen molar-refractivity contribution in [2.24, 2.45) is 5.92 Å². The highest BCUT2D eigenvalue weighted by atomic mass is 19.1. The van der Waals surface area contributed by atoms with Gasteiger partial charge in [0, 0.05) is 6.42 Å². The predicted molar refractivity (Wildman–Crippen MR) is 46.3 cm³/mol. The van der Waals surface area contributed by atoms with Gasteiger partial charge >= 0.3 is 0 Å². The first-order valence-electron chi connectivity index (χ1n) is 4.39. The molecule has 0 saturated heterocycles. The largest absolute Gasteiger partial charge is 0.244 e. The van der Waals surface area contributed by atoms with Gasteiger partial charge in [-0.25, -0.2) is 4.39 Å². The summed E-state index contributed by atoms with van der Waals surface area (Å²) in [6.45, 7) is 7.69. The molecule has 1 heteroatoms. The molecule has 11 heavy (non-hydrogen) atoms. The van der Waals surface area contributed by atoms with Crippen molar-refractivity contribution in [2.75, 3.05) is 0 Å². The maximum atomic E-state index is 13.5. The van der Waals surface area contributed by atoms with E-state index in [1.807, 2.05) is 0 Å². The highest BCUT2D eigenvalue weighted by molar-refractivity contribution is 5.06. The summed E-state index contributed by atoms with van der Waals surface area (Å²) < 4.78 is 13.5. The molecule has 64 valence electrons. The van der Waals surface area contributed by atoms with Crippen LogP contribution in [0.2, 0.25) is 0 Å². The second-order valence-electron chi connectivity index (χ2n) is 4.02. The van der Waals surface area contributed by atoms with Crippen LogP contribution in [0.4, 0.5) is 4.39 Å². The molecule has 0 aromatic heterocycles. The Hall–Kier alpha value is -0.330. The summed E-state index contributed by atoms with van der Waals surface area (Å²) in [5.41, 5.74) is 0.115. The number of hydrogen-bond acceptors (Lipinski definition) is 0. The van der Waals surface area contributed by atoms with E-state index >= 15 is 0 Å². The van der Waals surface area contributed by atoms with E-state index in [4.69, 9.17) is 0 Å². The average molecular weight is 156 g/mol. The van der Waals surface area contributed by atoms with Crippen molar-refractivity contribution in [2.45, 2.75) is 45.2 Å². The molecular weight excluding hydrogens is 139 g/mol. The fourth-order valence-corrected chi connectivity index (χ4v) is 2.04. The van der Waals surface area contributed by atoms with E-state index in [1.165, 1.54) is 0 Å². The quantitative estimate of drug-likeness (QED) is 0.510. The summed E-state index contributed by atoms with van der Waals surface area (Å²) in [6.07, 6.45) is 3.42. The summed E-state index contributed by atoms with van der Waals surface area (Å²) in [5.74, 6) is 0.534. The third-order valence-electron chi connectivity index (χ3n) is 2.49. The normalized spacial score (nSPS) is 39.2. The van der Waals surface area contributed by atoms with Crippen molar-refractivity contribution in [1.82, 2.24) is 0 Å². The summed E-state index contributed by atoms with van der Waals surface area (Å²) in [7, 11) is 0. The zero-order valence-electron chi connectivity index (χ0n) is 7.49. The van der Waals surface area contributed by atoms with Gasteiger partial charge < -0.3 is 0 Å². The first kappa shape index (κ1) is 8.76. The van der Waals surface area contributed by atoms with Gasteiger partial charge in [-0.1, -0.05) is 25.5 Å². The van der Waals surface area contributed by atoms with Crippen LogP contribution in [0, 0.1) is 5.92 Å². The predicted octanol–water partition coefficient (Wildman–Crippen LogP) is 3.48. The van der Waals surface area contributed by atoms with Crippen LogP contribution < -0.4 is 0 Å². The Kier molecular flexibility index (Phi) is 2.36. The molecule has 2 unspecified atom stereocenters. The topological polar surface area (TPSA) is 0 Å². The third kappa shape index (κ3) is 2.32. The zero-order chi connectivity index (χ0) is 8.48. The van der Waals surface area contributed by atoms with E-state index in [0.717, 1.165) is 24.8 Å². The minimum absolute atomic E-state index is 0.534. The van der Waals surface area contributed by atoms with Gasteiger partial charge in [0.25, 0.3) is 0 Å². The Balaban J connectivity index is 2.58. The van der Waals surface area contributed by atoms with Crippen LogP contribution in [0.25, 0.3) is 0 Å². The van der Waals surface area contributed by atoms with Crippen LogP contribution in [-0.2, 0) is 0 Å². The summed E-state index contributed by atoms with van der Waals surface area (Å²) in [5, 5.41) is 0. The average Bonchev–Trinajstić information content (AvgIpc) is 1.83. The third-order valence-corrected chi connectivity index (χ3v) is 2.49. The fraction of sp³-hybridized carbons (Fsp3) is 0.800. The van der Waals surface area contributed by atoms with Crippen LogP contribution in [0.15, 0.2) is 12.2 Å². The van der Waals surface area contributed by atoms with E-state index in [9.17, 15) is 4.39 Å². The first-order chi connectivity index (χ1) is 5.03. The summed E-state index contributed by atoms with van der Waals surface area (Å²) in [4.78, 5) is 0. The van der Waals surface area contributed by atoms with E-state index in [0.29, 0.717) is 12.3 Å². The second-order valence-corrected chi connectivity index (χ2v) is 4.02. The number of hydrogen-bond donors (Lipinski definition) is 0.